The van der Waals surface area contributed by atoms with Crippen LogP contribution >= 0.6 is 0 Å². The predicted octanol–water partition coefficient (Wildman–Crippen LogP) is 5.54. The van der Waals surface area contributed by atoms with Crippen molar-refractivity contribution in [2.45, 2.75) is 20.4 Å². The maximum absolute atomic E-state index is 13.8. The normalized spacial score (nSPS) is 15.0. The minimum atomic E-state index is 0.0806. The van der Waals surface area contributed by atoms with Crippen molar-refractivity contribution in [2.75, 3.05) is 39.6 Å². The first kappa shape index (κ1) is 25.1. The fourth-order valence-corrected chi connectivity index (χ4v) is 5.41. The Morgan fingerprint density at radius 2 is 1.62 bits per heavy atom. The standard InChI is InChI=1S/C32H33N3O4/c1-3-37-27-12-10-26(11-13-27)35-23(2)28(20-29(35)25-7-5-4-6-8-25)32(36)34-17-15-33(16-18-34)21-24-9-14-30-31(19-24)39-22-38-30/h4-14,19-20H,3,15-18,21-22H2,1-2H3. The molecule has 0 aliphatic carbocycles. The number of piperazine rings is 1. The van der Waals surface area contributed by atoms with Crippen LogP contribution in [0.25, 0.3) is 16.9 Å². The lowest BCUT2D eigenvalue weighted by atomic mass is 10.1. The fourth-order valence-electron chi connectivity index (χ4n) is 5.41. The molecule has 0 atom stereocenters. The molecular weight excluding hydrogens is 490 g/mol. The first-order valence-corrected chi connectivity index (χ1v) is 13.5. The number of rotatable bonds is 7. The molecule has 200 valence electrons. The largest absolute Gasteiger partial charge is 0.494 e. The Kier molecular flexibility index (Phi) is 6.99. The zero-order valence-electron chi connectivity index (χ0n) is 22.4. The molecule has 1 amide bonds. The van der Waals surface area contributed by atoms with Gasteiger partial charge in [-0.1, -0.05) is 36.4 Å². The van der Waals surface area contributed by atoms with Gasteiger partial charge in [-0.3, -0.25) is 9.69 Å². The van der Waals surface area contributed by atoms with Gasteiger partial charge in [0.1, 0.15) is 5.75 Å². The van der Waals surface area contributed by atoms with E-state index < -0.39 is 0 Å². The SMILES string of the molecule is CCOc1ccc(-n2c(-c3ccccc3)cc(C(=O)N3CCN(Cc4ccc5c(c4)OCO5)CC3)c2C)cc1. The van der Waals surface area contributed by atoms with Crippen molar-refractivity contribution in [1.82, 2.24) is 14.4 Å². The molecule has 3 aromatic carbocycles. The van der Waals surface area contributed by atoms with Crippen molar-refractivity contribution in [1.29, 1.82) is 0 Å². The summed E-state index contributed by atoms with van der Waals surface area (Å²) in [4.78, 5) is 18.2. The highest BCUT2D eigenvalue weighted by Gasteiger charge is 2.27. The Balaban J connectivity index is 1.21. The minimum Gasteiger partial charge on any atom is -0.494 e. The summed E-state index contributed by atoms with van der Waals surface area (Å²) < 4.78 is 18.8. The fraction of sp³-hybridized carbons (Fsp3) is 0.281. The summed E-state index contributed by atoms with van der Waals surface area (Å²) in [5.74, 6) is 2.53. The van der Waals surface area contributed by atoms with Crippen LogP contribution in [-0.2, 0) is 6.54 Å². The quantitative estimate of drug-likeness (QED) is 0.319. The molecule has 2 aliphatic rings. The number of amides is 1. The summed E-state index contributed by atoms with van der Waals surface area (Å²) in [7, 11) is 0. The Labute approximate surface area is 229 Å². The molecule has 0 bridgehead atoms. The van der Waals surface area contributed by atoms with Gasteiger partial charge in [0.2, 0.25) is 6.79 Å². The number of carbonyl (C=O) groups is 1. The number of nitrogens with zero attached hydrogens (tertiary/aromatic N) is 3. The van der Waals surface area contributed by atoms with E-state index in [0.29, 0.717) is 19.7 Å². The third-order valence-corrected chi connectivity index (χ3v) is 7.46. The number of ether oxygens (including phenoxy) is 3. The van der Waals surface area contributed by atoms with Crippen LogP contribution in [0.2, 0.25) is 0 Å². The van der Waals surface area contributed by atoms with Crippen molar-refractivity contribution in [3.8, 4) is 34.2 Å². The topological polar surface area (TPSA) is 56.2 Å². The van der Waals surface area contributed by atoms with Crippen molar-refractivity contribution in [3.05, 3.63) is 95.7 Å². The first-order chi connectivity index (χ1) is 19.1. The second-order valence-electron chi connectivity index (χ2n) is 9.91. The van der Waals surface area contributed by atoms with Crippen molar-refractivity contribution >= 4 is 5.91 Å². The highest BCUT2D eigenvalue weighted by atomic mass is 16.7. The van der Waals surface area contributed by atoms with Gasteiger partial charge in [-0.2, -0.15) is 0 Å². The van der Waals surface area contributed by atoms with Gasteiger partial charge < -0.3 is 23.7 Å². The summed E-state index contributed by atoms with van der Waals surface area (Å²) in [6.07, 6.45) is 0. The van der Waals surface area contributed by atoms with Gasteiger partial charge in [-0.05, 0) is 67.4 Å². The molecule has 7 heteroatoms. The lowest BCUT2D eigenvalue weighted by Crippen LogP contribution is -2.48. The van der Waals surface area contributed by atoms with Gasteiger partial charge in [-0.15, -0.1) is 0 Å². The number of hydrogen-bond donors (Lipinski definition) is 0. The number of fused-ring (bicyclic) bond motifs is 1. The molecule has 0 spiro atoms. The van der Waals surface area contributed by atoms with Gasteiger partial charge in [0.15, 0.2) is 11.5 Å². The van der Waals surface area contributed by atoms with Crippen molar-refractivity contribution < 1.29 is 19.0 Å². The van der Waals surface area contributed by atoms with E-state index in [1.807, 2.05) is 73.3 Å². The van der Waals surface area contributed by atoms with Crippen molar-refractivity contribution in [3.63, 3.8) is 0 Å². The van der Waals surface area contributed by atoms with Crippen LogP contribution in [0.15, 0.2) is 78.9 Å². The van der Waals surface area contributed by atoms with E-state index in [1.54, 1.807) is 0 Å². The molecule has 3 heterocycles. The van der Waals surface area contributed by atoms with Gasteiger partial charge in [0, 0.05) is 44.1 Å². The van der Waals surface area contributed by atoms with E-state index in [2.05, 4.69) is 33.7 Å². The zero-order chi connectivity index (χ0) is 26.8. The summed E-state index contributed by atoms with van der Waals surface area (Å²) in [6, 6.07) is 26.5. The molecule has 39 heavy (non-hydrogen) atoms. The Morgan fingerprint density at radius 1 is 0.872 bits per heavy atom. The third kappa shape index (κ3) is 5.10. The molecule has 0 unspecified atom stereocenters. The monoisotopic (exact) mass is 523 g/mol. The maximum Gasteiger partial charge on any atom is 0.255 e. The molecule has 2 aliphatic heterocycles. The molecule has 0 radical (unpaired) electrons. The molecular formula is C32H33N3O4. The first-order valence-electron chi connectivity index (χ1n) is 13.5. The minimum absolute atomic E-state index is 0.0806. The van der Waals surface area contributed by atoms with Gasteiger partial charge >= 0.3 is 0 Å². The van der Waals surface area contributed by atoms with E-state index in [0.717, 1.165) is 65.1 Å². The summed E-state index contributed by atoms with van der Waals surface area (Å²) >= 11 is 0. The van der Waals surface area contributed by atoms with Gasteiger partial charge in [-0.25, -0.2) is 0 Å². The average molecular weight is 524 g/mol. The van der Waals surface area contributed by atoms with E-state index in [1.165, 1.54) is 5.56 Å². The number of hydrogen-bond acceptors (Lipinski definition) is 5. The Morgan fingerprint density at radius 3 is 2.36 bits per heavy atom. The molecule has 4 aromatic rings. The van der Waals surface area contributed by atoms with E-state index in [4.69, 9.17) is 14.2 Å². The molecule has 7 nitrogen and oxygen atoms in total. The van der Waals surface area contributed by atoms with Crippen LogP contribution in [0, 0.1) is 6.92 Å². The highest BCUT2D eigenvalue weighted by Crippen LogP contribution is 2.33. The molecule has 0 saturated carbocycles. The molecule has 1 saturated heterocycles. The lowest BCUT2D eigenvalue weighted by molar-refractivity contribution is 0.0628. The number of carbonyl (C=O) groups excluding carboxylic acids is 1. The van der Waals surface area contributed by atoms with Crippen LogP contribution in [-0.4, -0.2) is 59.9 Å². The molecule has 1 aromatic heterocycles. The van der Waals surface area contributed by atoms with E-state index in [9.17, 15) is 4.79 Å². The second kappa shape index (κ2) is 10.9. The summed E-state index contributed by atoms with van der Waals surface area (Å²) in [6.45, 7) is 8.78. The predicted molar refractivity (Wildman–Crippen MR) is 151 cm³/mol. The molecule has 1 fully saturated rings. The zero-order valence-corrected chi connectivity index (χ0v) is 22.4. The van der Waals surface area contributed by atoms with Crippen LogP contribution in [0.1, 0.15) is 28.5 Å². The number of benzene rings is 3. The Hall–Kier alpha value is -4.23. The van der Waals surface area contributed by atoms with Crippen LogP contribution in [0.5, 0.6) is 17.2 Å². The van der Waals surface area contributed by atoms with Crippen LogP contribution in [0.3, 0.4) is 0 Å². The van der Waals surface area contributed by atoms with E-state index >= 15 is 0 Å². The Bertz CT molecular complexity index is 1460. The second-order valence-corrected chi connectivity index (χ2v) is 9.91. The van der Waals surface area contributed by atoms with Crippen LogP contribution < -0.4 is 14.2 Å². The number of aromatic nitrogens is 1. The van der Waals surface area contributed by atoms with Gasteiger partial charge in [0.25, 0.3) is 5.91 Å². The molecule has 0 N–H and O–H groups in total. The van der Waals surface area contributed by atoms with Crippen LogP contribution in [0.4, 0.5) is 0 Å². The van der Waals surface area contributed by atoms with Gasteiger partial charge in [0.05, 0.1) is 17.9 Å². The summed E-state index contributed by atoms with van der Waals surface area (Å²) in [5.41, 5.74) is 5.94. The molecule has 6 rings (SSSR count). The van der Waals surface area contributed by atoms with E-state index in [-0.39, 0.29) is 12.7 Å². The smallest absolute Gasteiger partial charge is 0.255 e. The maximum atomic E-state index is 13.8. The third-order valence-electron chi connectivity index (χ3n) is 7.46. The highest BCUT2D eigenvalue weighted by molar-refractivity contribution is 5.97. The summed E-state index contributed by atoms with van der Waals surface area (Å²) in [5, 5.41) is 0. The average Bonchev–Trinajstić information content (AvgIpc) is 3.58. The lowest BCUT2D eigenvalue weighted by Gasteiger charge is -2.34. The van der Waals surface area contributed by atoms with Crippen molar-refractivity contribution in [2.24, 2.45) is 0 Å².